The molecule has 1 saturated carbocycles. The highest BCUT2D eigenvalue weighted by Gasteiger charge is 2.41. The maximum Gasteiger partial charge on any atom is 0.221 e. The molecule has 1 aromatic rings. The standard InChI is InChI=1S/C15H21FN2OS.ClH/c1-15(10-17,11-6-7-11)18-14(19)8-9-20-13-5-3-2-4-12(13)16;/h2-5,11H,6-10,17H2,1H3,(H,18,19);1H. The third-order valence-corrected chi connectivity index (χ3v) is 4.80. The summed E-state index contributed by atoms with van der Waals surface area (Å²) in [7, 11) is 0. The topological polar surface area (TPSA) is 55.1 Å². The smallest absolute Gasteiger partial charge is 0.221 e. The van der Waals surface area contributed by atoms with E-state index in [9.17, 15) is 9.18 Å². The lowest BCUT2D eigenvalue weighted by Gasteiger charge is -2.29. The highest BCUT2D eigenvalue weighted by atomic mass is 35.5. The summed E-state index contributed by atoms with van der Waals surface area (Å²) in [4.78, 5) is 12.5. The number of hydrogen-bond acceptors (Lipinski definition) is 3. The van der Waals surface area contributed by atoms with Crippen LogP contribution in [0.1, 0.15) is 26.2 Å². The molecule has 1 fully saturated rings. The van der Waals surface area contributed by atoms with Crippen molar-refractivity contribution in [2.24, 2.45) is 11.7 Å². The minimum absolute atomic E-state index is 0. The van der Waals surface area contributed by atoms with E-state index in [0.717, 1.165) is 12.8 Å². The fraction of sp³-hybridized carbons (Fsp3) is 0.533. The summed E-state index contributed by atoms with van der Waals surface area (Å²) in [5.74, 6) is 0.838. The molecule has 0 spiro atoms. The lowest BCUT2D eigenvalue weighted by molar-refractivity contribution is -0.122. The van der Waals surface area contributed by atoms with Gasteiger partial charge in [-0.25, -0.2) is 4.39 Å². The van der Waals surface area contributed by atoms with E-state index < -0.39 is 0 Å². The van der Waals surface area contributed by atoms with Crippen LogP contribution >= 0.6 is 24.2 Å². The number of carbonyl (C=O) groups is 1. The van der Waals surface area contributed by atoms with Gasteiger partial charge in [-0.2, -0.15) is 0 Å². The zero-order chi connectivity index (χ0) is 14.6. The van der Waals surface area contributed by atoms with Gasteiger partial charge in [0.1, 0.15) is 5.82 Å². The molecule has 3 N–H and O–H groups in total. The Morgan fingerprint density at radius 1 is 1.48 bits per heavy atom. The van der Waals surface area contributed by atoms with Crippen LogP contribution in [0.5, 0.6) is 0 Å². The van der Waals surface area contributed by atoms with E-state index in [1.165, 1.54) is 17.8 Å². The van der Waals surface area contributed by atoms with Crippen molar-refractivity contribution in [2.45, 2.75) is 36.6 Å². The molecule has 1 aliphatic rings. The Labute approximate surface area is 135 Å². The number of amides is 1. The molecule has 0 aromatic heterocycles. The maximum absolute atomic E-state index is 13.4. The minimum Gasteiger partial charge on any atom is -0.349 e. The first-order chi connectivity index (χ1) is 9.55. The molecular formula is C15H22ClFN2OS. The Kier molecular flexibility index (Phi) is 6.97. The first-order valence-corrected chi connectivity index (χ1v) is 7.92. The minimum atomic E-state index is -0.278. The number of nitrogens with two attached hydrogens (primary N) is 1. The molecule has 6 heteroatoms. The summed E-state index contributed by atoms with van der Waals surface area (Å²) < 4.78 is 13.4. The van der Waals surface area contributed by atoms with E-state index in [4.69, 9.17) is 5.73 Å². The molecule has 118 valence electrons. The van der Waals surface area contributed by atoms with Crippen molar-refractivity contribution in [3.63, 3.8) is 0 Å². The van der Waals surface area contributed by atoms with Crippen molar-refractivity contribution in [3.05, 3.63) is 30.1 Å². The Balaban J connectivity index is 0.00000220. The third kappa shape index (κ3) is 5.16. The molecule has 0 saturated heterocycles. The average Bonchev–Trinajstić information content (AvgIpc) is 3.25. The van der Waals surface area contributed by atoms with Crippen LogP contribution in [0, 0.1) is 11.7 Å². The Bertz CT molecular complexity index is 484. The van der Waals surface area contributed by atoms with Crippen LogP contribution < -0.4 is 11.1 Å². The van der Waals surface area contributed by atoms with E-state index in [1.54, 1.807) is 18.2 Å². The van der Waals surface area contributed by atoms with E-state index >= 15 is 0 Å². The Morgan fingerprint density at radius 2 is 2.14 bits per heavy atom. The van der Waals surface area contributed by atoms with Crippen LogP contribution in [0.4, 0.5) is 4.39 Å². The molecule has 3 nitrogen and oxygen atoms in total. The van der Waals surface area contributed by atoms with Gasteiger partial charge in [-0.15, -0.1) is 24.2 Å². The molecule has 2 rings (SSSR count). The molecule has 1 aliphatic carbocycles. The van der Waals surface area contributed by atoms with E-state index in [2.05, 4.69) is 5.32 Å². The first kappa shape index (κ1) is 18.3. The summed E-state index contributed by atoms with van der Waals surface area (Å²) in [6.45, 7) is 2.47. The second-order valence-electron chi connectivity index (χ2n) is 5.47. The van der Waals surface area contributed by atoms with Crippen molar-refractivity contribution in [3.8, 4) is 0 Å². The highest BCUT2D eigenvalue weighted by molar-refractivity contribution is 7.99. The Hall–Kier alpha value is -0.780. The lowest BCUT2D eigenvalue weighted by atomic mass is 9.96. The average molecular weight is 333 g/mol. The number of hydrogen-bond donors (Lipinski definition) is 2. The van der Waals surface area contributed by atoms with Crippen LogP contribution in [0.3, 0.4) is 0 Å². The molecule has 0 heterocycles. The number of nitrogens with one attached hydrogen (secondary N) is 1. The van der Waals surface area contributed by atoms with Crippen LogP contribution in [0.2, 0.25) is 0 Å². The van der Waals surface area contributed by atoms with Gasteiger partial charge in [0.05, 0.1) is 5.54 Å². The quantitative estimate of drug-likeness (QED) is 0.755. The summed E-state index contributed by atoms with van der Waals surface area (Å²) in [6, 6.07) is 6.62. The van der Waals surface area contributed by atoms with Gasteiger partial charge in [-0.1, -0.05) is 12.1 Å². The third-order valence-electron chi connectivity index (χ3n) is 3.75. The van der Waals surface area contributed by atoms with E-state index in [-0.39, 0.29) is 29.7 Å². The molecule has 0 aliphatic heterocycles. The van der Waals surface area contributed by atoms with E-state index in [1.807, 2.05) is 6.92 Å². The summed E-state index contributed by atoms with van der Waals surface area (Å²) in [5, 5.41) is 3.03. The monoisotopic (exact) mass is 332 g/mol. The number of benzene rings is 1. The van der Waals surface area contributed by atoms with Crippen molar-refractivity contribution in [1.29, 1.82) is 0 Å². The van der Waals surface area contributed by atoms with Crippen molar-refractivity contribution in [1.82, 2.24) is 5.32 Å². The Morgan fingerprint density at radius 3 is 2.71 bits per heavy atom. The fourth-order valence-corrected chi connectivity index (χ4v) is 3.12. The predicted molar refractivity (Wildman–Crippen MR) is 87.3 cm³/mol. The summed E-state index contributed by atoms with van der Waals surface area (Å²) in [6.07, 6.45) is 2.65. The maximum atomic E-state index is 13.4. The van der Waals surface area contributed by atoms with Crippen LogP contribution in [0.25, 0.3) is 0 Å². The zero-order valence-electron chi connectivity index (χ0n) is 12.1. The van der Waals surface area contributed by atoms with Gasteiger partial charge in [0.15, 0.2) is 0 Å². The van der Waals surface area contributed by atoms with Crippen molar-refractivity contribution >= 4 is 30.1 Å². The molecule has 0 radical (unpaired) electrons. The van der Waals surface area contributed by atoms with Gasteiger partial charge in [0, 0.05) is 23.6 Å². The zero-order valence-corrected chi connectivity index (χ0v) is 13.7. The van der Waals surface area contributed by atoms with Crippen LogP contribution in [0.15, 0.2) is 29.2 Å². The van der Waals surface area contributed by atoms with Gasteiger partial charge >= 0.3 is 0 Å². The SMILES string of the molecule is CC(CN)(NC(=O)CCSc1ccccc1F)C1CC1.Cl. The predicted octanol–water partition coefficient (Wildman–Crippen LogP) is 2.97. The van der Waals surface area contributed by atoms with Crippen molar-refractivity contribution in [2.75, 3.05) is 12.3 Å². The van der Waals surface area contributed by atoms with Crippen molar-refractivity contribution < 1.29 is 9.18 Å². The summed E-state index contributed by atoms with van der Waals surface area (Å²) >= 11 is 1.37. The van der Waals surface area contributed by atoms with E-state index in [0.29, 0.717) is 29.5 Å². The highest BCUT2D eigenvalue weighted by Crippen LogP contribution is 2.39. The normalized spacial score (nSPS) is 16.7. The first-order valence-electron chi connectivity index (χ1n) is 6.93. The molecule has 21 heavy (non-hydrogen) atoms. The largest absolute Gasteiger partial charge is 0.349 e. The number of carbonyl (C=O) groups excluding carboxylic acids is 1. The van der Waals surface area contributed by atoms with Gasteiger partial charge in [0.2, 0.25) is 5.91 Å². The van der Waals surface area contributed by atoms with Crippen LogP contribution in [-0.2, 0) is 4.79 Å². The molecule has 1 aromatic carbocycles. The molecule has 1 atom stereocenters. The molecule has 1 amide bonds. The number of halogens is 2. The summed E-state index contributed by atoms with van der Waals surface area (Å²) in [5.41, 5.74) is 5.49. The fourth-order valence-electron chi connectivity index (χ4n) is 2.24. The van der Waals surface area contributed by atoms with Crippen LogP contribution in [-0.4, -0.2) is 23.7 Å². The van der Waals surface area contributed by atoms with Gasteiger partial charge in [-0.05, 0) is 37.8 Å². The second kappa shape index (κ2) is 8.01. The molecule has 1 unspecified atom stereocenters. The van der Waals surface area contributed by atoms with Gasteiger partial charge < -0.3 is 11.1 Å². The van der Waals surface area contributed by atoms with Gasteiger partial charge in [0.25, 0.3) is 0 Å². The second-order valence-corrected chi connectivity index (χ2v) is 6.61. The lowest BCUT2D eigenvalue weighted by Crippen LogP contribution is -2.53. The number of rotatable bonds is 7. The molecular weight excluding hydrogens is 311 g/mol. The van der Waals surface area contributed by atoms with Gasteiger partial charge in [-0.3, -0.25) is 4.79 Å². The number of thioether (sulfide) groups is 1. The molecule has 0 bridgehead atoms.